The molecule has 0 atom stereocenters. The largest absolute Gasteiger partial charge is 0.464 e. The van der Waals surface area contributed by atoms with Gasteiger partial charge in [-0.2, -0.15) is 0 Å². The van der Waals surface area contributed by atoms with E-state index in [1.807, 2.05) is 12.1 Å². The zero-order chi connectivity index (χ0) is 13.0. The summed E-state index contributed by atoms with van der Waals surface area (Å²) in [5, 5.41) is 0. The first kappa shape index (κ1) is 12.9. The third kappa shape index (κ3) is 2.82. The molecule has 0 radical (unpaired) electrons. The maximum atomic E-state index is 5.60. The minimum Gasteiger partial charge on any atom is -0.464 e. The van der Waals surface area contributed by atoms with Gasteiger partial charge in [0.2, 0.25) is 0 Å². The van der Waals surface area contributed by atoms with Crippen molar-refractivity contribution in [3.63, 3.8) is 0 Å². The SMILES string of the molecule is CC(C)c1ccc(CCCN)c(-c2ccco2)c1. The smallest absolute Gasteiger partial charge is 0.134 e. The van der Waals surface area contributed by atoms with Gasteiger partial charge in [0.1, 0.15) is 5.76 Å². The van der Waals surface area contributed by atoms with E-state index in [9.17, 15) is 0 Å². The Morgan fingerprint density at radius 2 is 2.06 bits per heavy atom. The fourth-order valence-electron chi connectivity index (χ4n) is 2.12. The fraction of sp³-hybridized carbons (Fsp3) is 0.375. The number of benzene rings is 1. The molecule has 2 N–H and O–H groups in total. The molecule has 0 aliphatic carbocycles. The van der Waals surface area contributed by atoms with Crippen LogP contribution in [0.4, 0.5) is 0 Å². The third-order valence-corrected chi connectivity index (χ3v) is 3.24. The summed E-state index contributed by atoms with van der Waals surface area (Å²) in [7, 11) is 0. The van der Waals surface area contributed by atoms with Crippen LogP contribution in [0.1, 0.15) is 37.3 Å². The number of nitrogens with two attached hydrogens (primary N) is 1. The van der Waals surface area contributed by atoms with Crippen molar-refractivity contribution in [2.24, 2.45) is 5.73 Å². The van der Waals surface area contributed by atoms with Crippen molar-refractivity contribution in [1.82, 2.24) is 0 Å². The lowest BCUT2D eigenvalue weighted by Gasteiger charge is -2.12. The van der Waals surface area contributed by atoms with Crippen LogP contribution in [0, 0.1) is 0 Å². The van der Waals surface area contributed by atoms with Crippen molar-refractivity contribution in [2.45, 2.75) is 32.6 Å². The average Bonchev–Trinajstić information content (AvgIpc) is 2.89. The van der Waals surface area contributed by atoms with E-state index in [0.29, 0.717) is 5.92 Å². The second-order valence-corrected chi connectivity index (χ2v) is 4.94. The van der Waals surface area contributed by atoms with Crippen molar-refractivity contribution in [3.05, 3.63) is 47.7 Å². The second kappa shape index (κ2) is 5.87. The van der Waals surface area contributed by atoms with Gasteiger partial charge in [-0.25, -0.2) is 0 Å². The monoisotopic (exact) mass is 243 g/mol. The highest BCUT2D eigenvalue weighted by Crippen LogP contribution is 2.29. The summed E-state index contributed by atoms with van der Waals surface area (Å²) in [6.45, 7) is 5.14. The summed E-state index contributed by atoms with van der Waals surface area (Å²) in [6, 6.07) is 10.6. The Balaban J connectivity index is 2.40. The van der Waals surface area contributed by atoms with E-state index in [4.69, 9.17) is 10.2 Å². The molecule has 1 heterocycles. The lowest BCUT2D eigenvalue weighted by atomic mass is 9.94. The molecule has 18 heavy (non-hydrogen) atoms. The Bertz CT molecular complexity index is 486. The van der Waals surface area contributed by atoms with Crippen LogP contribution in [-0.4, -0.2) is 6.54 Å². The standard InChI is InChI=1S/C16H21NO/c1-12(2)14-8-7-13(5-3-9-17)15(11-14)16-6-4-10-18-16/h4,6-8,10-12H,3,5,9,17H2,1-2H3. The lowest BCUT2D eigenvalue weighted by Crippen LogP contribution is -2.02. The number of furan rings is 1. The maximum absolute atomic E-state index is 5.60. The molecule has 1 aromatic carbocycles. The normalized spacial score (nSPS) is 11.1. The molecule has 2 rings (SSSR count). The summed E-state index contributed by atoms with van der Waals surface area (Å²) in [5.74, 6) is 1.48. The average molecular weight is 243 g/mol. The summed E-state index contributed by atoms with van der Waals surface area (Å²) in [4.78, 5) is 0. The molecule has 0 saturated carbocycles. The summed E-state index contributed by atoms with van der Waals surface area (Å²) in [5.41, 5.74) is 9.47. The molecule has 0 spiro atoms. The Hall–Kier alpha value is -1.54. The van der Waals surface area contributed by atoms with Crippen LogP contribution in [0.25, 0.3) is 11.3 Å². The van der Waals surface area contributed by atoms with Gasteiger partial charge in [-0.05, 0) is 54.6 Å². The zero-order valence-corrected chi connectivity index (χ0v) is 11.1. The van der Waals surface area contributed by atoms with Gasteiger partial charge in [-0.1, -0.05) is 26.0 Å². The van der Waals surface area contributed by atoms with Crippen molar-refractivity contribution in [1.29, 1.82) is 0 Å². The van der Waals surface area contributed by atoms with Crippen molar-refractivity contribution in [2.75, 3.05) is 6.54 Å². The van der Waals surface area contributed by atoms with E-state index in [1.54, 1.807) is 6.26 Å². The summed E-state index contributed by atoms with van der Waals surface area (Å²) in [6.07, 6.45) is 3.74. The topological polar surface area (TPSA) is 39.2 Å². The first-order valence-corrected chi connectivity index (χ1v) is 6.59. The zero-order valence-electron chi connectivity index (χ0n) is 11.1. The number of aryl methyl sites for hydroxylation is 1. The molecular weight excluding hydrogens is 222 g/mol. The lowest BCUT2D eigenvalue weighted by molar-refractivity contribution is 0.581. The van der Waals surface area contributed by atoms with Gasteiger partial charge in [0.05, 0.1) is 6.26 Å². The van der Waals surface area contributed by atoms with Crippen LogP contribution in [0.2, 0.25) is 0 Å². The van der Waals surface area contributed by atoms with E-state index < -0.39 is 0 Å². The van der Waals surface area contributed by atoms with Crippen molar-refractivity contribution in [3.8, 4) is 11.3 Å². The van der Waals surface area contributed by atoms with E-state index in [2.05, 4.69) is 32.0 Å². The molecule has 0 saturated heterocycles. The molecule has 0 unspecified atom stereocenters. The van der Waals surface area contributed by atoms with Gasteiger partial charge in [-0.15, -0.1) is 0 Å². The predicted molar refractivity (Wildman–Crippen MR) is 75.6 cm³/mol. The first-order chi connectivity index (χ1) is 8.72. The number of rotatable bonds is 5. The van der Waals surface area contributed by atoms with Crippen LogP contribution < -0.4 is 5.73 Å². The molecule has 0 fully saturated rings. The first-order valence-electron chi connectivity index (χ1n) is 6.59. The molecule has 0 aliphatic rings. The Kier molecular flexibility index (Phi) is 4.21. The van der Waals surface area contributed by atoms with Gasteiger partial charge >= 0.3 is 0 Å². The van der Waals surface area contributed by atoms with Gasteiger partial charge in [0.25, 0.3) is 0 Å². The predicted octanol–water partition coefficient (Wildman–Crippen LogP) is 3.96. The van der Waals surface area contributed by atoms with Crippen LogP contribution in [0.15, 0.2) is 41.0 Å². The van der Waals surface area contributed by atoms with Crippen LogP contribution >= 0.6 is 0 Å². The maximum Gasteiger partial charge on any atom is 0.134 e. The van der Waals surface area contributed by atoms with Gasteiger partial charge < -0.3 is 10.2 Å². The Morgan fingerprint density at radius 3 is 2.67 bits per heavy atom. The second-order valence-electron chi connectivity index (χ2n) is 4.94. The van der Waals surface area contributed by atoms with E-state index in [-0.39, 0.29) is 0 Å². The number of hydrogen-bond acceptors (Lipinski definition) is 2. The van der Waals surface area contributed by atoms with Crippen LogP contribution in [-0.2, 0) is 6.42 Å². The minimum absolute atomic E-state index is 0.530. The molecular formula is C16H21NO. The Morgan fingerprint density at radius 1 is 1.22 bits per heavy atom. The fourth-order valence-corrected chi connectivity index (χ4v) is 2.12. The molecule has 2 aromatic rings. The molecule has 2 nitrogen and oxygen atoms in total. The Labute approximate surface area is 109 Å². The summed E-state index contributed by atoms with van der Waals surface area (Å²) >= 11 is 0. The highest BCUT2D eigenvalue weighted by Gasteiger charge is 2.10. The highest BCUT2D eigenvalue weighted by molar-refractivity contribution is 5.63. The molecule has 0 bridgehead atoms. The highest BCUT2D eigenvalue weighted by atomic mass is 16.3. The number of hydrogen-bond donors (Lipinski definition) is 1. The molecule has 2 heteroatoms. The van der Waals surface area contributed by atoms with Crippen LogP contribution in [0.5, 0.6) is 0 Å². The summed E-state index contributed by atoms with van der Waals surface area (Å²) < 4.78 is 5.54. The quantitative estimate of drug-likeness (QED) is 0.863. The van der Waals surface area contributed by atoms with E-state index in [0.717, 1.165) is 25.1 Å². The third-order valence-electron chi connectivity index (χ3n) is 3.24. The molecule has 1 aromatic heterocycles. The minimum atomic E-state index is 0.530. The van der Waals surface area contributed by atoms with E-state index in [1.165, 1.54) is 16.7 Å². The van der Waals surface area contributed by atoms with Gasteiger partial charge in [-0.3, -0.25) is 0 Å². The van der Waals surface area contributed by atoms with Crippen molar-refractivity contribution < 1.29 is 4.42 Å². The molecule has 96 valence electrons. The van der Waals surface area contributed by atoms with E-state index >= 15 is 0 Å². The molecule has 0 aliphatic heterocycles. The van der Waals surface area contributed by atoms with Crippen molar-refractivity contribution >= 4 is 0 Å². The molecule has 0 amide bonds. The van der Waals surface area contributed by atoms with Crippen LogP contribution in [0.3, 0.4) is 0 Å². The van der Waals surface area contributed by atoms with Gasteiger partial charge in [0.15, 0.2) is 0 Å². The van der Waals surface area contributed by atoms with Gasteiger partial charge in [0, 0.05) is 5.56 Å².